The fraction of sp³-hybridized carbons (Fsp3) is 0.111. The van der Waals surface area contributed by atoms with Crippen LogP contribution in [0.25, 0.3) is 44.6 Å². The Labute approximate surface area is 147 Å². The summed E-state index contributed by atoms with van der Waals surface area (Å²) in [6.45, 7) is 3.93. The van der Waals surface area contributed by atoms with Crippen LogP contribution in [0.5, 0.6) is 0 Å². The van der Waals surface area contributed by atoms with Crippen LogP contribution in [0.3, 0.4) is 0 Å². The lowest BCUT2D eigenvalue weighted by atomic mass is 10.0. The number of aromatic nitrogens is 8. The Hall–Kier alpha value is -3.68. The zero-order valence-electron chi connectivity index (χ0n) is 14.1. The van der Waals surface area contributed by atoms with E-state index in [9.17, 15) is 0 Å². The molecule has 0 aliphatic rings. The Morgan fingerprint density at radius 3 is 1.54 bits per heavy atom. The van der Waals surface area contributed by atoms with Gasteiger partial charge in [-0.25, -0.2) is 9.97 Å². The van der Waals surface area contributed by atoms with Gasteiger partial charge in [0.15, 0.2) is 11.6 Å². The minimum absolute atomic E-state index is 0.711. The summed E-state index contributed by atoms with van der Waals surface area (Å²) in [6.07, 6.45) is 3.00. The predicted octanol–water partition coefficient (Wildman–Crippen LogP) is 2.97. The Morgan fingerprint density at radius 2 is 1.15 bits per heavy atom. The maximum Gasteiger partial charge on any atom is 0.156 e. The molecule has 0 bridgehead atoms. The maximum absolute atomic E-state index is 4.77. The highest BCUT2D eigenvalue weighted by atomic mass is 15.2. The van der Waals surface area contributed by atoms with E-state index in [1.54, 1.807) is 0 Å². The molecule has 0 fully saturated rings. The molecule has 26 heavy (non-hydrogen) atoms. The first-order chi connectivity index (χ1) is 12.7. The molecule has 5 rings (SSSR count). The first-order valence-electron chi connectivity index (χ1n) is 8.14. The smallest absolute Gasteiger partial charge is 0.156 e. The van der Waals surface area contributed by atoms with Gasteiger partial charge < -0.3 is 0 Å². The second-order valence-corrected chi connectivity index (χ2v) is 6.15. The SMILES string of the molecule is Cc1cc(-c2ncn[nH]2)c2ccc3c(-c4ncn[nH]4)cc(C)nc3c2n1. The molecule has 4 aromatic heterocycles. The van der Waals surface area contributed by atoms with Crippen molar-refractivity contribution in [3.05, 3.63) is 48.3 Å². The highest BCUT2D eigenvalue weighted by Gasteiger charge is 2.16. The molecule has 0 amide bonds. The molecule has 0 radical (unpaired) electrons. The number of fused-ring (bicyclic) bond motifs is 3. The summed E-state index contributed by atoms with van der Waals surface area (Å²) in [7, 11) is 0. The van der Waals surface area contributed by atoms with Crippen LogP contribution in [-0.4, -0.2) is 40.3 Å². The maximum atomic E-state index is 4.77. The molecule has 0 spiro atoms. The van der Waals surface area contributed by atoms with Crippen LogP contribution >= 0.6 is 0 Å². The highest BCUT2D eigenvalue weighted by molar-refractivity contribution is 6.11. The molecule has 126 valence electrons. The normalized spacial score (nSPS) is 11.5. The van der Waals surface area contributed by atoms with Gasteiger partial charge in [0.2, 0.25) is 0 Å². The number of rotatable bonds is 2. The first kappa shape index (κ1) is 14.6. The van der Waals surface area contributed by atoms with Crippen LogP contribution in [0.15, 0.2) is 36.9 Å². The number of nitrogens with zero attached hydrogens (tertiary/aromatic N) is 6. The van der Waals surface area contributed by atoms with Crippen molar-refractivity contribution in [3.8, 4) is 22.8 Å². The third kappa shape index (κ3) is 2.16. The zero-order valence-corrected chi connectivity index (χ0v) is 14.1. The second-order valence-electron chi connectivity index (χ2n) is 6.15. The van der Waals surface area contributed by atoms with Crippen LogP contribution < -0.4 is 0 Å². The van der Waals surface area contributed by atoms with Gasteiger partial charge in [-0.3, -0.25) is 20.2 Å². The molecule has 5 aromatic rings. The molecule has 0 aliphatic heterocycles. The van der Waals surface area contributed by atoms with Crippen LogP contribution in [0.2, 0.25) is 0 Å². The minimum Gasteiger partial charge on any atom is -0.259 e. The number of hydrogen-bond acceptors (Lipinski definition) is 6. The molecular weight excluding hydrogens is 328 g/mol. The van der Waals surface area contributed by atoms with E-state index in [-0.39, 0.29) is 0 Å². The Morgan fingerprint density at radius 1 is 0.692 bits per heavy atom. The Balaban J connectivity index is 1.92. The second kappa shape index (κ2) is 5.41. The molecule has 8 heteroatoms. The van der Waals surface area contributed by atoms with E-state index in [2.05, 4.69) is 30.4 Å². The summed E-state index contributed by atoms with van der Waals surface area (Å²) in [5.41, 5.74) is 5.35. The molecule has 0 aliphatic carbocycles. The van der Waals surface area contributed by atoms with Crippen molar-refractivity contribution < 1.29 is 0 Å². The van der Waals surface area contributed by atoms with Crippen molar-refractivity contribution in [2.45, 2.75) is 13.8 Å². The molecule has 0 saturated carbocycles. The zero-order chi connectivity index (χ0) is 17.7. The molecule has 0 atom stereocenters. The number of benzene rings is 1. The summed E-state index contributed by atoms with van der Waals surface area (Å²) in [6, 6.07) is 8.08. The molecular formula is C18H14N8. The highest BCUT2D eigenvalue weighted by Crippen LogP contribution is 2.34. The fourth-order valence-corrected chi connectivity index (χ4v) is 3.29. The largest absolute Gasteiger partial charge is 0.259 e. The van der Waals surface area contributed by atoms with Crippen LogP contribution in [0.4, 0.5) is 0 Å². The van der Waals surface area contributed by atoms with Crippen molar-refractivity contribution in [2.24, 2.45) is 0 Å². The Bertz CT molecular complexity index is 1140. The molecule has 8 nitrogen and oxygen atoms in total. The number of aromatic amines is 2. The minimum atomic E-state index is 0.711. The average molecular weight is 342 g/mol. The standard InChI is InChI=1S/C18H14N8/c1-9-5-13(17-19-7-21-25-17)11-3-4-12-14(18-20-8-22-26-18)6-10(2)24-16(12)15(11)23-9/h3-8H,1-2H3,(H,19,21,25)(H,20,22,26). The predicted molar refractivity (Wildman–Crippen MR) is 97.3 cm³/mol. The number of aryl methyl sites for hydroxylation is 2. The van der Waals surface area contributed by atoms with E-state index >= 15 is 0 Å². The quantitative estimate of drug-likeness (QED) is 0.477. The van der Waals surface area contributed by atoms with Crippen LogP contribution in [0.1, 0.15) is 11.4 Å². The van der Waals surface area contributed by atoms with Crippen molar-refractivity contribution in [2.75, 3.05) is 0 Å². The number of nitrogens with one attached hydrogen (secondary N) is 2. The third-order valence-electron chi connectivity index (χ3n) is 4.35. The van der Waals surface area contributed by atoms with E-state index < -0.39 is 0 Å². The molecule has 0 unspecified atom stereocenters. The molecule has 0 saturated heterocycles. The van der Waals surface area contributed by atoms with Crippen molar-refractivity contribution in [1.29, 1.82) is 0 Å². The van der Waals surface area contributed by atoms with Gasteiger partial charge in [0.25, 0.3) is 0 Å². The van der Waals surface area contributed by atoms with Crippen molar-refractivity contribution in [1.82, 2.24) is 40.3 Å². The van der Waals surface area contributed by atoms with Crippen molar-refractivity contribution in [3.63, 3.8) is 0 Å². The van der Waals surface area contributed by atoms with Crippen LogP contribution in [-0.2, 0) is 0 Å². The number of hydrogen-bond donors (Lipinski definition) is 2. The van der Waals surface area contributed by atoms with Gasteiger partial charge >= 0.3 is 0 Å². The lowest BCUT2D eigenvalue weighted by Crippen LogP contribution is -1.95. The van der Waals surface area contributed by atoms with Gasteiger partial charge in [-0.1, -0.05) is 12.1 Å². The van der Waals surface area contributed by atoms with E-state index in [0.29, 0.717) is 11.6 Å². The lowest BCUT2D eigenvalue weighted by Gasteiger charge is -2.11. The molecule has 4 heterocycles. The molecule has 2 N–H and O–H groups in total. The van der Waals surface area contributed by atoms with E-state index in [1.165, 1.54) is 12.7 Å². The van der Waals surface area contributed by atoms with E-state index in [4.69, 9.17) is 9.97 Å². The van der Waals surface area contributed by atoms with Gasteiger partial charge in [-0.05, 0) is 26.0 Å². The van der Waals surface area contributed by atoms with Crippen LogP contribution in [0, 0.1) is 13.8 Å². The first-order valence-corrected chi connectivity index (χ1v) is 8.14. The third-order valence-corrected chi connectivity index (χ3v) is 4.35. The summed E-state index contributed by atoms with van der Waals surface area (Å²) in [5.74, 6) is 1.42. The topological polar surface area (TPSA) is 109 Å². The van der Waals surface area contributed by atoms with Gasteiger partial charge in [0, 0.05) is 33.3 Å². The fourth-order valence-electron chi connectivity index (χ4n) is 3.29. The van der Waals surface area contributed by atoms with E-state index in [1.807, 2.05) is 38.1 Å². The summed E-state index contributed by atoms with van der Waals surface area (Å²) in [5, 5.41) is 15.7. The Kier molecular flexibility index (Phi) is 3.05. The summed E-state index contributed by atoms with van der Waals surface area (Å²) < 4.78 is 0. The summed E-state index contributed by atoms with van der Waals surface area (Å²) in [4.78, 5) is 18.1. The number of pyridine rings is 2. The average Bonchev–Trinajstić information content (AvgIpc) is 3.34. The van der Waals surface area contributed by atoms with E-state index in [0.717, 1.165) is 44.3 Å². The van der Waals surface area contributed by atoms with Crippen molar-refractivity contribution >= 4 is 21.8 Å². The summed E-state index contributed by atoms with van der Waals surface area (Å²) >= 11 is 0. The van der Waals surface area contributed by atoms with Gasteiger partial charge in [-0.2, -0.15) is 10.2 Å². The lowest BCUT2D eigenvalue weighted by molar-refractivity contribution is 1.09. The number of H-pyrrole nitrogens is 2. The van der Waals surface area contributed by atoms with Gasteiger partial charge in [0.1, 0.15) is 12.7 Å². The monoisotopic (exact) mass is 342 g/mol. The van der Waals surface area contributed by atoms with Gasteiger partial charge in [0.05, 0.1) is 11.0 Å². The molecule has 1 aromatic carbocycles. The van der Waals surface area contributed by atoms with Gasteiger partial charge in [-0.15, -0.1) is 0 Å².